The van der Waals surface area contributed by atoms with Crippen molar-refractivity contribution in [1.82, 2.24) is 10.2 Å². The first-order chi connectivity index (χ1) is 18.8. The number of benzene rings is 3. The van der Waals surface area contributed by atoms with Crippen molar-refractivity contribution < 1.29 is 19.5 Å². The van der Waals surface area contributed by atoms with E-state index in [1.54, 1.807) is 35.2 Å². The summed E-state index contributed by atoms with van der Waals surface area (Å²) in [6.45, 7) is 0.445. The summed E-state index contributed by atoms with van der Waals surface area (Å²) in [7, 11) is 0. The van der Waals surface area contributed by atoms with E-state index in [0.29, 0.717) is 65.4 Å². The Kier molecular flexibility index (Phi) is 8.24. The summed E-state index contributed by atoms with van der Waals surface area (Å²) in [5.41, 5.74) is 2.91. The molecule has 1 aliphatic carbocycles. The molecule has 3 aromatic rings. The Morgan fingerprint density at radius 2 is 1.59 bits per heavy atom. The van der Waals surface area contributed by atoms with Gasteiger partial charge >= 0.3 is 5.97 Å². The lowest BCUT2D eigenvalue weighted by atomic mass is 9.76. The van der Waals surface area contributed by atoms with Crippen molar-refractivity contribution in [3.05, 3.63) is 105 Å². The van der Waals surface area contributed by atoms with Gasteiger partial charge in [-0.25, -0.2) is 0 Å². The Balaban J connectivity index is 1.54. The van der Waals surface area contributed by atoms with Gasteiger partial charge in [0.25, 0.3) is 5.91 Å². The number of carboxylic acids is 1. The van der Waals surface area contributed by atoms with Crippen molar-refractivity contribution in [2.45, 2.75) is 50.1 Å². The van der Waals surface area contributed by atoms with E-state index in [-0.39, 0.29) is 17.9 Å². The summed E-state index contributed by atoms with van der Waals surface area (Å²) in [6.07, 6.45) is 2.69. The monoisotopic (exact) mass is 564 g/mol. The van der Waals surface area contributed by atoms with Crippen LogP contribution in [0.5, 0.6) is 0 Å². The van der Waals surface area contributed by atoms with E-state index >= 15 is 0 Å². The van der Waals surface area contributed by atoms with Crippen molar-refractivity contribution in [1.29, 1.82) is 0 Å². The molecule has 6 nitrogen and oxygen atoms in total. The second-order valence-corrected chi connectivity index (χ2v) is 11.1. The first-order valence-corrected chi connectivity index (χ1v) is 14.0. The lowest BCUT2D eigenvalue weighted by Crippen LogP contribution is -2.52. The predicted octanol–water partition coefficient (Wildman–Crippen LogP) is 6.28. The Bertz CT molecular complexity index is 1370. The zero-order valence-electron chi connectivity index (χ0n) is 21.4. The molecule has 202 valence electrons. The maximum atomic E-state index is 14.1. The van der Waals surface area contributed by atoms with Gasteiger partial charge in [-0.15, -0.1) is 0 Å². The van der Waals surface area contributed by atoms with Crippen LogP contribution in [0.1, 0.15) is 64.7 Å². The molecule has 2 N–H and O–H groups in total. The molecule has 0 aromatic heterocycles. The zero-order chi connectivity index (χ0) is 27.5. The molecule has 1 aliphatic heterocycles. The molecule has 1 saturated carbocycles. The minimum atomic E-state index is -0.809. The molecular formula is C31H30Cl2N2O4. The second-order valence-electron chi connectivity index (χ2n) is 10.3. The van der Waals surface area contributed by atoms with Gasteiger partial charge in [0.15, 0.2) is 0 Å². The molecule has 1 heterocycles. The molecule has 0 unspecified atom stereocenters. The van der Waals surface area contributed by atoms with E-state index in [0.717, 1.165) is 5.56 Å². The molecule has 2 amide bonds. The molecule has 8 heteroatoms. The highest BCUT2D eigenvalue weighted by atomic mass is 35.5. The molecule has 39 heavy (non-hydrogen) atoms. The van der Waals surface area contributed by atoms with E-state index in [2.05, 4.69) is 5.32 Å². The minimum Gasteiger partial charge on any atom is -0.481 e. The molecule has 2 aliphatic rings. The number of hydrogen-bond donors (Lipinski definition) is 2. The second kappa shape index (κ2) is 11.8. The summed E-state index contributed by atoms with van der Waals surface area (Å²) < 4.78 is 0. The molecule has 0 bridgehead atoms. The zero-order valence-corrected chi connectivity index (χ0v) is 22.9. The highest BCUT2D eigenvalue weighted by Gasteiger charge is 2.48. The van der Waals surface area contributed by atoms with Gasteiger partial charge in [0.05, 0.1) is 17.9 Å². The molecule has 3 aromatic carbocycles. The fraction of sp³-hybridized carbons (Fsp3) is 0.323. The van der Waals surface area contributed by atoms with Crippen LogP contribution in [0.25, 0.3) is 0 Å². The summed E-state index contributed by atoms with van der Waals surface area (Å²) >= 11 is 13.0. The van der Waals surface area contributed by atoms with Gasteiger partial charge in [-0.05, 0) is 67.0 Å². The van der Waals surface area contributed by atoms with E-state index in [4.69, 9.17) is 23.2 Å². The Morgan fingerprint density at radius 1 is 0.897 bits per heavy atom. The average molecular weight is 565 g/mol. The number of carbonyl (C=O) groups is 3. The summed E-state index contributed by atoms with van der Waals surface area (Å²) in [4.78, 5) is 41.5. The van der Waals surface area contributed by atoms with Crippen LogP contribution in [0.4, 0.5) is 0 Å². The van der Waals surface area contributed by atoms with Gasteiger partial charge in [0.1, 0.15) is 0 Å². The van der Waals surface area contributed by atoms with Crippen LogP contribution in [-0.4, -0.2) is 40.4 Å². The van der Waals surface area contributed by atoms with Gasteiger partial charge in [-0.2, -0.15) is 0 Å². The Hall–Kier alpha value is -3.35. The van der Waals surface area contributed by atoms with Crippen molar-refractivity contribution in [2.24, 2.45) is 5.92 Å². The van der Waals surface area contributed by atoms with Crippen LogP contribution in [0.2, 0.25) is 10.0 Å². The van der Waals surface area contributed by atoms with Crippen LogP contribution in [0.15, 0.2) is 72.8 Å². The van der Waals surface area contributed by atoms with E-state index in [1.807, 2.05) is 42.5 Å². The van der Waals surface area contributed by atoms with Gasteiger partial charge < -0.3 is 15.3 Å². The fourth-order valence-corrected chi connectivity index (χ4v) is 6.51. The molecule has 1 fully saturated rings. The number of fused-ring (bicyclic) bond motifs is 1. The lowest BCUT2D eigenvalue weighted by Gasteiger charge is -2.47. The van der Waals surface area contributed by atoms with Gasteiger partial charge in [0.2, 0.25) is 5.91 Å². The largest absolute Gasteiger partial charge is 0.481 e. The van der Waals surface area contributed by atoms with Gasteiger partial charge in [-0.3, -0.25) is 14.4 Å². The van der Waals surface area contributed by atoms with Crippen LogP contribution in [0, 0.1) is 5.92 Å². The number of carbonyl (C=O) groups excluding carboxylic acids is 2. The number of amides is 2. The highest BCUT2D eigenvalue weighted by molar-refractivity contribution is 6.35. The normalized spacial score (nSPS) is 22.7. The maximum Gasteiger partial charge on any atom is 0.306 e. The van der Waals surface area contributed by atoms with Crippen molar-refractivity contribution in [3.8, 4) is 0 Å². The third-order valence-electron chi connectivity index (χ3n) is 7.93. The van der Waals surface area contributed by atoms with Crippen molar-refractivity contribution in [2.75, 3.05) is 6.54 Å². The van der Waals surface area contributed by atoms with Crippen molar-refractivity contribution in [3.63, 3.8) is 0 Å². The first kappa shape index (κ1) is 27.2. The van der Waals surface area contributed by atoms with Crippen LogP contribution < -0.4 is 5.32 Å². The lowest BCUT2D eigenvalue weighted by molar-refractivity contribution is -0.143. The van der Waals surface area contributed by atoms with Crippen LogP contribution in [-0.2, 0) is 16.0 Å². The number of nitrogens with zero attached hydrogens (tertiary/aromatic N) is 1. The standard InChI is InChI=1S/C31H30Cl2N2O4/c32-21-12-15-25(26(33)18-21)28-27(29(36)34-17-16-19-6-2-1-3-7-19)23-8-4-5-9-24(23)30(37)35(28)22-13-10-20(11-14-22)31(38)39/h1-9,12,15,18,20,22,27-28H,10-11,13-14,16-17H2,(H,34,36)(H,38,39)/t20?,22?,27-,28+/m1/s1. The molecular weight excluding hydrogens is 535 g/mol. The number of halogens is 2. The summed E-state index contributed by atoms with van der Waals surface area (Å²) in [6, 6.07) is 21.4. The van der Waals surface area contributed by atoms with Crippen LogP contribution in [0.3, 0.4) is 0 Å². The summed E-state index contributed by atoms with van der Waals surface area (Å²) in [5.74, 6) is -2.30. The van der Waals surface area contributed by atoms with E-state index < -0.39 is 23.8 Å². The van der Waals surface area contributed by atoms with Crippen molar-refractivity contribution >= 4 is 41.0 Å². The number of hydrogen-bond acceptors (Lipinski definition) is 3. The number of carboxylic acid groups (broad SMARTS) is 1. The van der Waals surface area contributed by atoms with Gasteiger partial charge in [-0.1, -0.05) is 77.8 Å². The molecule has 5 rings (SSSR count). The topological polar surface area (TPSA) is 86.7 Å². The van der Waals surface area contributed by atoms with E-state index in [9.17, 15) is 19.5 Å². The Labute approximate surface area is 237 Å². The SMILES string of the molecule is O=C(O)C1CCC(N2C(=O)c3ccccc3[C@@H](C(=O)NCCc3ccccc3)[C@@H]2c2ccc(Cl)cc2Cl)CC1. The molecule has 2 atom stereocenters. The predicted molar refractivity (Wildman–Crippen MR) is 151 cm³/mol. The van der Waals surface area contributed by atoms with Gasteiger partial charge in [0, 0.05) is 28.2 Å². The average Bonchev–Trinajstić information content (AvgIpc) is 2.94. The minimum absolute atomic E-state index is 0.172. The summed E-state index contributed by atoms with van der Waals surface area (Å²) in [5, 5.41) is 13.5. The fourth-order valence-electron chi connectivity index (χ4n) is 5.99. The van der Waals surface area contributed by atoms with E-state index in [1.165, 1.54) is 0 Å². The third-order valence-corrected chi connectivity index (χ3v) is 8.50. The maximum absolute atomic E-state index is 14.1. The first-order valence-electron chi connectivity index (χ1n) is 13.3. The number of rotatable bonds is 7. The Morgan fingerprint density at radius 3 is 2.28 bits per heavy atom. The van der Waals surface area contributed by atoms with Crippen LogP contribution >= 0.6 is 23.2 Å². The third kappa shape index (κ3) is 5.68. The smallest absolute Gasteiger partial charge is 0.306 e. The number of nitrogens with one attached hydrogen (secondary N) is 1. The number of aliphatic carboxylic acids is 1. The molecule has 0 saturated heterocycles. The molecule has 0 spiro atoms. The quantitative estimate of drug-likeness (QED) is 0.353. The highest BCUT2D eigenvalue weighted by Crippen LogP contribution is 2.48. The molecule has 0 radical (unpaired) electrons.